The molecule has 1 nitrogen and oxygen atoms in total. The summed E-state index contributed by atoms with van der Waals surface area (Å²) in [6.45, 7) is 3.21. The predicted molar refractivity (Wildman–Crippen MR) is 56.2 cm³/mol. The molecule has 1 aliphatic rings. The zero-order chi connectivity index (χ0) is 9.26. The maximum absolute atomic E-state index is 6.10. The second-order valence-electron chi connectivity index (χ2n) is 3.68. The molecule has 0 saturated heterocycles. The van der Waals surface area contributed by atoms with Gasteiger partial charge in [-0.1, -0.05) is 31.2 Å². The molecule has 70 valence electrons. The SMILES string of the molecule is CC1CNC(Cl)Cc2ccccc21. The zero-order valence-corrected chi connectivity index (χ0v) is 8.51. The van der Waals surface area contributed by atoms with E-state index in [0.29, 0.717) is 5.92 Å². The maximum Gasteiger partial charge on any atom is 0.0866 e. The molecule has 0 aromatic heterocycles. The summed E-state index contributed by atoms with van der Waals surface area (Å²) >= 11 is 6.10. The number of fused-ring (bicyclic) bond motifs is 1. The Bertz CT molecular complexity index is 298. The minimum atomic E-state index is 0.0890. The maximum atomic E-state index is 6.10. The van der Waals surface area contributed by atoms with Crippen molar-refractivity contribution in [2.45, 2.75) is 24.8 Å². The Balaban J connectivity index is 2.38. The Hall–Kier alpha value is -0.530. The number of rotatable bonds is 0. The molecule has 1 heterocycles. The Morgan fingerprint density at radius 3 is 3.00 bits per heavy atom. The van der Waals surface area contributed by atoms with Crippen molar-refractivity contribution in [3.05, 3.63) is 35.4 Å². The topological polar surface area (TPSA) is 12.0 Å². The molecule has 0 amide bonds. The number of benzene rings is 1. The molecule has 2 rings (SSSR count). The fourth-order valence-corrected chi connectivity index (χ4v) is 2.14. The third kappa shape index (κ3) is 1.87. The van der Waals surface area contributed by atoms with Crippen LogP contribution >= 0.6 is 11.6 Å². The summed E-state index contributed by atoms with van der Waals surface area (Å²) < 4.78 is 0. The molecule has 0 radical (unpaired) electrons. The molecule has 13 heavy (non-hydrogen) atoms. The van der Waals surface area contributed by atoms with E-state index in [0.717, 1.165) is 13.0 Å². The van der Waals surface area contributed by atoms with Crippen LogP contribution in [-0.2, 0) is 6.42 Å². The average molecular weight is 196 g/mol. The van der Waals surface area contributed by atoms with Crippen molar-refractivity contribution in [3.63, 3.8) is 0 Å². The molecule has 0 fully saturated rings. The number of alkyl halides is 1. The summed E-state index contributed by atoms with van der Waals surface area (Å²) in [5, 5.41) is 3.31. The molecule has 1 aromatic carbocycles. The monoisotopic (exact) mass is 195 g/mol. The van der Waals surface area contributed by atoms with Gasteiger partial charge in [-0.3, -0.25) is 0 Å². The molecule has 2 heteroatoms. The largest absolute Gasteiger partial charge is 0.300 e. The van der Waals surface area contributed by atoms with Gasteiger partial charge in [-0.25, -0.2) is 0 Å². The Kier molecular flexibility index (Phi) is 2.56. The minimum absolute atomic E-state index is 0.0890. The lowest BCUT2D eigenvalue weighted by molar-refractivity contribution is 0.612. The van der Waals surface area contributed by atoms with Gasteiger partial charge in [-0.15, -0.1) is 11.6 Å². The van der Waals surface area contributed by atoms with Gasteiger partial charge in [0, 0.05) is 13.0 Å². The molecule has 0 spiro atoms. The first-order valence-corrected chi connectivity index (χ1v) is 5.16. The van der Waals surface area contributed by atoms with Crippen LogP contribution in [0.4, 0.5) is 0 Å². The number of hydrogen-bond acceptors (Lipinski definition) is 1. The quantitative estimate of drug-likeness (QED) is 0.496. The van der Waals surface area contributed by atoms with Gasteiger partial charge in [0.1, 0.15) is 0 Å². The van der Waals surface area contributed by atoms with Crippen LogP contribution in [0.15, 0.2) is 24.3 Å². The fraction of sp³-hybridized carbons (Fsp3) is 0.455. The second kappa shape index (κ2) is 3.69. The Morgan fingerprint density at radius 1 is 1.38 bits per heavy atom. The molecule has 2 unspecified atom stereocenters. The van der Waals surface area contributed by atoms with Crippen LogP contribution in [-0.4, -0.2) is 12.0 Å². The van der Waals surface area contributed by atoms with Crippen molar-refractivity contribution in [1.82, 2.24) is 5.32 Å². The van der Waals surface area contributed by atoms with Gasteiger partial charge in [0.05, 0.1) is 5.50 Å². The van der Waals surface area contributed by atoms with Crippen molar-refractivity contribution in [1.29, 1.82) is 0 Å². The zero-order valence-electron chi connectivity index (χ0n) is 7.76. The molecular formula is C11H14ClN. The van der Waals surface area contributed by atoms with Gasteiger partial charge in [-0.2, -0.15) is 0 Å². The van der Waals surface area contributed by atoms with E-state index in [1.165, 1.54) is 11.1 Å². The van der Waals surface area contributed by atoms with Gasteiger partial charge >= 0.3 is 0 Å². The van der Waals surface area contributed by atoms with E-state index in [1.54, 1.807) is 0 Å². The predicted octanol–water partition coefficient (Wildman–Crippen LogP) is 2.50. The molecule has 1 N–H and O–H groups in total. The Labute approximate surface area is 84.1 Å². The van der Waals surface area contributed by atoms with Crippen LogP contribution in [0.5, 0.6) is 0 Å². The van der Waals surface area contributed by atoms with E-state index in [2.05, 4.69) is 36.5 Å². The smallest absolute Gasteiger partial charge is 0.0866 e. The van der Waals surface area contributed by atoms with Crippen LogP contribution in [0, 0.1) is 0 Å². The first-order valence-electron chi connectivity index (χ1n) is 4.72. The lowest BCUT2D eigenvalue weighted by Gasteiger charge is -2.10. The molecule has 0 bridgehead atoms. The highest BCUT2D eigenvalue weighted by atomic mass is 35.5. The van der Waals surface area contributed by atoms with E-state index in [9.17, 15) is 0 Å². The van der Waals surface area contributed by atoms with Crippen molar-refractivity contribution in [2.75, 3.05) is 6.54 Å². The third-order valence-electron chi connectivity index (χ3n) is 2.63. The van der Waals surface area contributed by atoms with Crippen LogP contribution in [0.1, 0.15) is 24.0 Å². The second-order valence-corrected chi connectivity index (χ2v) is 4.21. The van der Waals surface area contributed by atoms with Crippen LogP contribution in [0.3, 0.4) is 0 Å². The highest BCUT2D eigenvalue weighted by Gasteiger charge is 2.17. The standard InChI is InChI=1S/C11H14ClN/c1-8-7-13-11(12)6-9-4-2-3-5-10(8)9/h2-5,8,11,13H,6-7H2,1H3. The lowest BCUT2D eigenvalue weighted by atomic mass is 9.96. The summed E-state index contributed by atoms with van der Waals surface area (Å²) in [6.07, 6.45) is 0.933. The van der Waals surface area contributed by atoms with Crippen molar-refractivity contribution in [3.8, 4) is 0 Å². The average Bonchev–Trinajstić information content (AvgIpc) is 2.27. The molecular weight excluding hydrogens is 182 g/mol. The molecule has 2 atom stereocenters. The summed E-state index contributed by atoms with van der Waals surface area (Å²) in [5.74, 6) is 0.569. The lowest BCUT2D eigenvalue weighted by Crippen LogP contribution is -2.26. The van der Waals surface area contributed by atoms with Gasteiger partial charge in [0.15, 0.2) is 0 Å². The van der Waals surface area contributed by atoms with Gasteiger partial charge in [0.2, 0.25) is 0 Å². The Morgan fingerprint density at radius 2 is 2.15 bits per heavy atom. The van der Waals surface area contributed by atoms with E-state index in [1.807, 2.05) is 0 Å². The first kappa shape index (κ1) is 9.04. The van der Waals surface area contributed by atoms with Crippen molar-refractivity contribution >= 4 is 11.6 Å². The van der Waals surface area contributed by atoms with Crippen LogP contribution in [0.2, 0.25) is 0 Å². The normalized spacial score (nSPS) is 27.8. The molecule has 0 saturated carbocycles. The van der Waals surface area contributed by atoms with Crippen LogP contribution in [0.25, 0.3) is 0 Å². The molecule has 1 aromatic rings. The van der Waals surface area contributed by atoms with Crippen molar-refractivity contribution < 1.29 is 0 Å². The van der Waals surface area contributed by atoms with Gasteiger partial charge in [-0.05, 0) is 17.0 Å². The summed E-state index contributed by atoms with van der Waals surface area (Å²) in [7, 11) is 0. The van der Waals surface area contributed by atoms with Crippen molar-refractivity contribution in [2.24, 2.45) is 0 Å². The van der Waals surface area contributed by atoms with Gasteiger partial charge < -0.3 is 5.32 Å². The van der Waals surface area contributed by atoms with E-state index in [-0.39, 0.29) is 5.50 Å². The molecule has 1 aliphatic heterocycles. The van der Waals surface area contributed by atoms with E-state index >= 15 is 0 Å². The highest BCUT2D eigenvalue weighted by Crippen LogP contribution is 2.24. The number of nitrogens with one attached hydrogen (secondary N) is 1. The summed E-state index contributed by atoms with van der Waals surface area (Å²) in [6, 6.07) is 8.56. The number of halogens is 1. The summed E-state index contributed by atoms with van der Waals surface area (Å²) in [4.78, 5) is 0. The van der Waals surface area contributed by atoms with E-state index in [4.69, 9.17) is 11.6 Å². The fourth-order valence-electron chi connectivity index (χ4n) is 1.88. The van der Waals surface area contributed by atoms with Gasteiger partial charge in [0.25, 0.3) is 0 Å². The number of hydrogen-bond donors (Lipinski definition) is 1. The third-order valence-corrected chi connectivity index (χ3v) is 2.94. The minimum Gasteiger partial charge on any atom is -0.300 e. The first-order chi connectivity index (χ1) is 6.27. The van der Waals surface area contributed by atoms with E-state index < -0.39 is 0 Å². The molecule has 0 aliphatic carbocycles. The van der Waals surface area contributed by atoms with Crippen LogP contribution < -0.4 is 5.32 Å². The summed E-state index contributed by atoms with van der Waals surface area (Å²) in [5.41, 5.74) is 2.92. The highest BCUT2D eigenvalue weighted by molar-refractivity contribution is 6.20.